The van der Waals surface area contributed by atoms with E-state index in [1.807, 2.05) is 13.0 Å². The van der Waals surface area contributed by atoms with Crippen molar-refractivity contribution in [2.75, 3.05) is 17.2 Å². The zero-order valence-electron chi connectivity index (χ0n) is 21.6. The van der Waals surface area contributed by atoms with Crippen LogP contribution in [0.2, 0.25) is 5.02 Å². The number of rotatable bonds is 8. The molecule has 200 valence electrons. The van der Waals surface area contributed by atoms with E-state index in [4.69, 9.17) is 18.0 Å². The summed E-state index contributed by atoms with van der Waals surface area (Å²) in [6.07, 6.45) is 7.54. The molecule has 1 saturated carbocycles. The number of hydrogen-bond acceptors (Lipinski definition) is 8. The summed E-state index contributed by atoms with van der Waals surface area (Å²) in [5.74, 6) is 2.72. The third kappa shape index (κ3) is 4.98. The Morgan fingerprint density at radius 2 is 2.05 bits per heavy atom. The first-order valence-electron chi connectivity index (χ1n) is 12.3. The van der Waals surface area contributed by atoms with Crippen LogP contribution in [0.1, 0.15) is 55.8 Å². The zero-order chi connectivity index (χ0) is 27.2. The van der Waals surface area contributed by atoms with E-state index in [0.717, 1.165) is 21.6 Å². The molecule has 1 atom stereocenters. The quantitative estimate of drug-likeness (QED) is 0.245. The number of aryl methyl sites for hydroxylation is 1. The fourth-order valence-corrected chi connectivity index (χ4v) is 5.34. The van der Waals surface area contributed by atoms with Gasteiger partial charge in [0.15, 0.2) is 0 Å². The second-order valence-corrected chi connectivity index (χ2v) is 12.4. The average Bonchev–Trinajstić information content (AvgIpc) is 3.33. The maximum absolute atomic E-state index is 13.8. The largest absolute Gasteiger partial charge is 0.383 e. The number of aromatic nitrogens is 2. The van der Waals surface area contributed by atoms with Crippen molar-refractivity contribution < 1.29 is 8.78 Å². The van der Waals surface area contributed by atoms with Crippen molar-refractivity contribution in [3.63, 3.8) is 0 Å². The van der Waals surface area contributed by atoms with Crippen molar-refractivity contribution in [1.29, 1.82) is 0 Å². The van der Waals surface area contributed by atoms with Crippen LogP contribution in [-0.4, -0.2) is 33.5 Å². The van der Waals surface area contributed by atoms with Gasteiger partial charge in [-0.1, -0.05) is 38.3 Å². The minimum Gasteiger partial charge on any atom is -0.383 e. The summed E-state index contributed by atoms with van der Waals surface area (Å²) < 4.78 is 27.5. The first kappa shape index (κ1) is 26.5. The van der Waals surface area contributed by atoms with Crippen molar-refractivity contribution in [3.05, 3.63) is 56.9 Å². The number of halogens is 3. The summed E-state index contributed by atoms with van der Waals surface area (Å²) in [6.45, 7) is 9.09. The molecular weight excluding hydrogens is 528 g/mol. The van der Waals surface area contributed by atoms with Gasteiger partial charge in [-0.15, -0.1) is 23.3 Å². The molecule has 0 radical (unpaired) electrons. The molecule has 1 fully saturated rings. The maximum atomic E-state index is 13.8. The molecule has 0 bridgehead atoms. The molecule has 1 aliphatic carbocycles. The number of hydrogen-bond donors (Lipinski definition) is 4. The number of pyridine rings is 1. The Labute approximate surface area is 230 Å². The van der Waals surface area contributed by atoms with Crippen LogP contribution < -0.4 is 21.6 Å². The topological polar surface area (TPSA) is 77.1 Å². The highest BCUT2D eigenvalue weighted by Gasteiger charge is 2.56. The number of terminal acetylenes is 1. The van der Waals surface area contributed by atoms with E-state index in [1.165, 1.54) is 16.3 Å². The lowest BCUT2D eigenvalue weighted by atomic mass is 9.96. The molecule has 0 spiro atoms. The molecule has 11 heteroatoms. The highest BCUT2D eigenvalue weighted by Crippen LogP contribution is 2.47. The lowest BCUT2D eigenvalue weighted by molar-refractivity contribution is 0.00911. The molecule has 0 amide bonds. The SMILES string of the molecule is C#Cc1cnc2c(Cl)cc(N[C@H](C3=CN(C4(C(F)F)CC4)NN3)c3ncsc3C)cc2c1NCC(C)(C)C. The van der Waals surface area contributed by atoms with Gasteiger partial charge in [0.2, 0.25) is 0 Å². The molecule has 3 aromatic rings. The second-order valence-electron chi connectivity index (χ2n) is 10.9. The van der Waals surface area contributed by atoms with E-state index in [-0.39, 0.29) is 5.41 Å². The molecule has 7 nitrogen and oxygen atoms in total. The Kier molecular flexibility index (Phi) is 6.88. The molecule has 2 aliphatic rings. The number of alkyl halides is 2. The van der Waals surface area contributed by atoms with Crippen LogP contribution in [-0.2, 0) is 0 Å². The van der Waals surface area contributed by atoms with Gasteiger partial charge < -0.3 is 16.1 Å². The number of fused-ring (bicyclic) bond motifs is 1. The van der Waals surface area contributed by atoms with Crippen LogP contribution in [0.25, 0.3) is 10.9 Å². The lowest BCUT2D eigenvalue weighted by Gasteiger charge is -2.25. The summed E-state index contributed by atoms with van der Waals surface area (Å²) >= 11 is 8.23. The first-order chi connectivity index (χ1) is 18.0. The first-order valence-corrected chi connectivity index (χ1v) is 13.6. The Balaban J connectivity index is 1.55. The van der Waals surface area contributed by atoms with Gasteiger partial charge in [-0.25, -0.2) is 13.8 Å². The van der Waals surface area contributed by atoms with E-state index in [9.17, 15) is 8.78 Å². The highest BCUT2D eigenvalue weighted by molar-refractivity contribution is 7.09. The monoisotopic (exact) mass is 557 g/mol. The molecule has 38 heavy (non-hydrogen) atoms. The van der Waals surface area contributed by atoms with Gasteiger partial charge in [0, 0.05) is 34.9 Å². The molecule has 1 aromatic carbocycles. The summed E-state index contributed by atoms with van der Waals surface area (Å²) in [5.41, 5.74) is 10.8. The van der Waals surface area contributed by atoms with Crippen LogP contribution in [0.3, 0.4) is 0 Å². The molecule has 0 saturated heterocycles. The smallest absolute Gasteiger partial charge is 0.262 e. The number of nitrogens with zero attached hydrogens (tertiary/aromatic N) is 3. The Hall–Kier alpha value is -3.13. The second kappa shape index (κ2) is 9.88. The van der Waals surface area contributed by atoms with E-state index in [1.54, 1.807) is 24.0 Å². The number of benzene rings is 1. The normalized spacial score (nSPS) is 17.2. The minimum atomic E-state index is -2.46. The number of hydrazine groups is 2. The van der Waals surface area contributed by atoms with Gasteiger partial charge in [-0.3, -0.25) is 9.99 Å². The van der Waals surface area contributed by atoms with E-state index >= 15 is 0 Å². The Morgan fingerprint density at radius 3 is 2.66 bits per heavy atom. The molecule has 4 N–H and O–H groups in total. The summed E-state index contributed by atoms with van der Waals surface area (Å²) in [6, 6.07) is 3.31. The van der Waals surface area contributed by atoms with E-state index in [2.05, 4.69) is 58.3 Å². The molecule has 1 aliphatic heterocycles. The van der Waals surface area contributed by atoms with Gasteiger partial charge in [0.05, 0.1) is 38.7 Å². The summed E-state index contributed by atoms with van der Waals surface area (Å²) in [7, 11) is 0. The Bertz CT molecular complexity index is 1440. The standard InChI is InChI=1S/C27H30ClF2N7S/c1-6-16-11-31-23-18(22(16)32-13-26(3,4)5)9-17(10-19(23)28)34-24(21-15(2)38-14-33-21)20-12-37(36-35-20)27(7-8-27)25(29)30/h1,9-12,14,24-25,34-36H,7-8,13H2,2-5H3,(H,31,32)/t24-/m1/s1. The number of thiazole rings is 1. The van der Waals surface area contributed by atoms with Crippen LogP contribution in [0.4, 0.5) is 20.2 Å². The van der Waals surface area contributed by atoms with Crippen LogP contribution in [0.15, 0.2) is 35.7 Å². The van der Waals surface area contributed by atoms with E-state index in [0.29, 0.717) is 46.9 Å². The van der Waals surface area contributed by atoms with Crippen LogP contribution in [0.5, 0.6) is 0 Å². The van der Waals surface area contributed by atoms with Gasteiger partial charge in [-0.05, 0) is 37.3 Å². The molecule has 0 unspecified atom stereocenters. The summed E-state index contributed by atoms with van der Waals surface area (Å²) in [5, 5.41) is 9.75. The Morgan fingerprint density at radius 1 is 1.29 bits per heavy atom. The minimum absolute atomic E-state index is 0.0188. The number of nitrogens with one attached hydrogen (secondary N) is 4. The lowest BCUT2D eigenvalue weighted by Crippen LogP contribution is -2.48. The fourth-order valence-electron chi connectivity index (χ4n) is 4.46. The van der Waals surface area contributed by atoms with Gasteiger partial charge >= 0.3 is 0 Å². The molecule has 3 heterocycles. The van der Waals surface area contributed by atoms with Crippen molar-refractivity contribution in [3.8, 4) is 12.3 Å². The maximum Gasteiger partial charge on any atom is 0.262 e. The average molecular weight is 558 g/mol. The van der Waals surface area contributed by atoms with Crippen molar-refractivity contribution in [1.82, 2.24) is 25.9 Å². The molecule has 2 aromatic heterocycles. The summed E-state index contributed by atoms with van der Waals surface area (Å²) in [4.78, 5) is 10.1. The third-order valence-corrected chi connectivity index (χ3v) is 7.85. The molecule has 5 rings (SSSR count). The van der Waals surface area contributed by atoms with Crippen molar-refractivity contribution >= 4 is 45.2 Å². The van der Waals surface area contributed by atoms with Gasteiger partial charge in [0.25, 0.3) is 6.43 Å². The fraction of sp³-hybridized carbons (Fsp3) is 0.407. The number of anilines is 2. The van der Waals surface area contributed by atoms with Crippen molar-refractivity contribution in [2.45, 2.75) is 58.5 Å². The molecular formula is C27H30ClF2N7S. The van der Waals surface area contributed by atoms with Crippen LogP contribution >= 0.6 is 22.9 Å². The highest BCUT2D eigenvalue weighted by atomic mass is 35.5. The zero-order valence-corrected chi connectivity index (χ0v) is 23.2. The van der Waals surface area contributed by atoms with Gasteiger partial charge in [0.1, 0.15) is 11.6 Å². The van der Waals surface area contributed by atoms with Gasteiger partial charge in [-0.2, -0.15) is 0 Å². The van der Waals surface area contributed by atoms with Crippen molar-refractivity contribution in [2.24, 2.45) is 5.41 Å². The predicted octanol–water partition coefficient (Wildman–Crippen LogP) is 6.21. The third-order valence-electron chi connectivity index (χ3n) is 6.79. The predicted molar refractivity (Wildman–Crippen MR) is 150 cm³/mol. The van der Waals surface area contributed by atoms with E-state index < -0.39 is 18.0 Å². The van der Waals surface area contributed by atoms with Crippen LogP contribution in [0, 0.1) is 24.7 Å².